The van der Waals surface area contributed by atoms with Crippen molar-refractivity contribution in [3.05, 3.63) is 30.1 Å². The zero-order chi connectivity index (χ0) is 11.8. The average molecular weight is 221 g/mol. The lowest BCUT2D eigenvalue weighted by Gasteiger charge is -2.22. The molecule has 0 aromatic carbocycles. The summed E-state index contributed by atoms with van der Waals surface area (Å²) in [6.07, 6.45) is 3.76. The molecule has 0 atom stereocenters. The van der Waals surface area contributed by atoms with E-state index in [1.807, 2.05) is 18.5 Å². The SMILES string of the molecule is CCN(CC)CCN(C)Cc1cccnc1. The Morgan fingerprint density at radius 1 is 1.19 bits per heavy atom. The molecule has 1 aromatic rings. The third kappa shape index (κ3) is 4.73. The highest BCUT2D eigenvalue weighted by Crippen LogP contribution is 2.00. The summed E-state index contributed by atoms with van der Waals surface area (Å²) in [7, 11) is 2.16. The van der Waals surface area contributed by atoms with Crippen LogP contribution >= 0.6 is 0 Å². The van der Waals surface area contributed by atoms with Gasteiger partial charge in [-0.15, -0.1) is 0 Å². The molecule has 0 saturated heterocycles. The predicted octanol–water partition coefficient (Wildman–Crippen LogP) is 1.86. The van der Waals surface area contributed by atoms with Crippen molar-refractivity contribution in [2.45, 2.75) is 20.4 Å². The minimum atomic E-state index is 0.981. The first-order valence-corrected chi connectivity index (χ1v) is 6.06. The first-order valence-electron chi connectivity index (χ1n) is 6.06. The van der Waals surface area contributed by atoms with Crippen LogP contribution in [0, 0.1) is 0 Å². The molecule has 1 heterocycles. The van der Waals surface area contributed by atoms with Crippen molar-refractivity contribution in [2.75, 3.05) is 33.2 Å². The molecule has 1 rings (SSSR count). The van der Waals surface area contributed by atoms with E-state index in [0.717, 1.165) is 32.7 Å². The minimum Gasteiger partial charge on any atom is -0.303 e. The summed E-state index contributed by atoms with van der Waals surface area (Å²) < 4.78 is 0. The van der Waals surface area contributed by atoms with E-state index in [0.29, 0.717) is 0 Å². The van der Waals surface area contributed by atoms with Crippen LogP contribution in [-0.2, 0) is 6.54 Å². The third-order valence-electron chi connectivity index (χ3n) is 2.87. The standard InChI is InChI=1S/C13H23N3/c1-4-16(5-2)10-9-15(3)12-13-7-6-8-14-11-13/h6-8,11H,4-5,9-10,12H2,1-3H3. The lowest BCUT2D eigenvalue weighted by atomic mass is 10.3. The Kier molecular flexibility index (Phi) is 6.04. The zero-order valence-corrected chi connectivity index (χ0v) is 10.7. The summed E-state index contributed by atoms with van der Waals surface area (Å²) in [5, 5.41) is 0. The van der Waals surface area contributed by atoms with Crippen LogP contribution in [0.15, 0.2) is 24.5 Å². The maximum absolute atomic E-state index is 4.13. The van der Waals surface area contributed by atoms with Gasteiger partial charge in [0.1, 0.15) is 0 Å². The molecule has 0 saturated carbocycles. The van der Waals surface area contributed by atoms with Crippen molar-refractivity contribution in [1.29, 1.82) is 0 Å². The molecule has 0 amide bonds. The van der Waals surface area contributed by atoms with Crippen LogP contribution in [-0.4, -0.2) is 48.0 Å². The fraction of sp³-hybridized carbons (Fsp3) is 0.615. The van der Waals surface area contributed by atoms with E-state index in [4.69, 9.17) is 0 Å². The van der Waals surface area contributed by atoms with Crippen LogP contribution < -0.4 is 0 Å². The van der Waals surface area contributed by atoms with Crippen molar-refractivity contribution < 1.29 is 0 Å². The molecule has 0 spiro atoms. The van der Waals surface area contributed by atoms with Crippen molar-refractivity contribution >= 4 is 0 Å². The van der Waals surface area contributed by atoms with Gasteiger partial charge < -0.3 is 9.80 Å². The lowest BCUT2D eigenvalue weighted by molar-refractivity contribution is 0.236. The van der Waals surface area contributed by atoms with Gasteiger partial charge in [0.2, 0.25) is 0 Å². The molecular formula is C13H23N3. The Hall–Kier alpha value is -0.930. The Morgan fingerprint density at radius 2 is 1.94 bits per heavy atom. The summed E-state index contributed by atoms with van der Waals surface area (Å²) in [6, 6.07) is 4.12. The molecule has 1 aromatic heterocycles. The number of nitrogens with zero attached hydrogens (tertiary/aromatic N) is 3. The molecule has 0 unspecified atom stereocenters. The summed E-state index contributed by atoms with van der Waals surface area (Å²) in [5.74, 6) is 0. The zero-order valence-electron chi connectivity index (χ0n) is 10.7. The van der Waals surface area contributed by atoms with E-state index >= 15 is 0 Å². The molecule has 0 bridgehead atoms. The molecule has 0 N–H and O–H groups in total. The van der Waals surface area contributed by atoms with Crippen LogP contribution in [0.2, 0.25) is 0 Å². The van der Waals surface area contributed by atoms with Gasteiger partial charge in [0.15, 0.2) is 0 Å². The molecule has 90 valence electrons. The van der Waals surface area contributed by atoms with Crippen LogP contribution in [0.4, 0.5) is 0 Å². The van der Waals surface area contributed by atoms with Gasteiger partial charge in [-0.05, 0) is 31.8 Å². The van der Waals surface area contributed by atoms with E-state index in [1.165, 1.54) is 5.56 Å². The van der Waals surface area contributed by atoms with E-state index in [1.54, 1.807) is 0 Å². The Labute approximate surface area is 99.1 Å². The number of hydrogen-bond donors (Lipinski definition) is 0. The van der Waals surface area contributed by atoms with E-state index in [-0.39, 0.29) is 0 Å². The van der Waals surface area contributed by atoms with Crippen LogP contribution in [0.5, 0.6) is 0 Å². The molecule has 0 aliphatic carbocycles. The number of aromatic nitrogens is 1. The Bertz CT molecular complexity index is 270. The van der Waals surface area contributed by atoms with Gasteiger partial charge >= 0.3 is 0 Å². The topological polar surface area (TPSA) is 19.4 Å². The van der Waals surface area contributed by atoms with Crippen molar-refractivity contribution in [3.8, 4) is 0 Å². The normalized spacial score (nSPS) is 11.3. The molecule has 0 radical (unpaired) electrons. The van der Waals surface area contributed by atoms with E-state index in [9.17, 15) is 0 Å². The van der Waals surface area contributed by atoms with Crippen LogP contribution in [0.1, 0.15) is 19.4 Å². The van der Waals surface area contributed by atoms with Crippen molar-refractivity contribution in [3.63, 3.8) is 0 Å². The molecule has 16 heavy (non-hydrogen) atoms. The number of hydrogen-bond acceptors (Lipinski definition) is 3. The van der Waals surface area contributed by atoms with Gasteiger partial charge in [-0.1, -0.05) is 19.9 Å². The molecule has 3 nitrogen and oxygen atoms in total. The first-order chi connectivity index (χ1) is 7.76. The second-order valence-electron chi connectivity index (χ2n) is 4.13. The van der Waals surface area contributed by atoms with Gasteiger partial charge in [0.05, 0.1) is 0 Å². The fourth-order valence-electron chi connectivity index (χ4n) is 1.73. The van der Waals surface area contributed by atoms with Gasteiger partial charge in [-0.2, -0.15) is 0 Å². The highest BCUT2D eigenvalue weighted by Gasteiger charge is 2.03. The Balaban J connectivity index is 2.28. The van der Waals surface area contributed by atoms with Gasteiger partial charge in [0.25, 0.3) is 0 Å². The summed E-state index contributed by atoms with van der Waals surface area (Å²) in [4.78, 5) is 8.92. The van der Waals surface area contributed by atoms with Gasteiger partial charge in [-0.25, -0.2) is 0 Å². The van der Waals surface area contributed by atoms with E-state index < -0.39 is 0 Å². The summed E-state index contributed by atoms with van der Waals surface area (Å²) in [6.45, 7) is 9.93. The monoisotopic (exact) mass is 221 g/mol. The lowest BCUT2D eigenvalue weighted by Crippen LogP contribution is -2.32. The fourth-order valence-corrected chi connectivity index (χ4v) is 1.73. The second-order valence-corrected chi connectivity index (χ2v) is 4.13. The molecule has 0 fully saturated rings. The van der Waals surface area contributed by atoms with E-state index in [2.05, 4.69) is 41.7 Å². The van der Waals surface area contributed by atoms with Gasteiger partial charge in [-0.3, -0.25) is 4.98 Å². The molecule has 0 aliphatic rings. The predicted molar refractivity (Wildman–Crippen MR) is 68.4 cm³/mol. The first kappa shape index (κ1) is 13.1. The number of rotatable bonds is 7. The summed E-state index contributed by atoms with van der Waals surface area (Å²) >= 11 is 0. The smallest absolute Gasteiger partial charge is 0.0312 e. The highest BCUT2D eigenvalue weighted by atomic mass is 15.2. The number of pyridine rings is 1. The average Bonchev–Trinajstić information content (AvgIpc) is 2.31. The van der Waals surface area contributed by atoms with Crippen LogP contribution in [0.3, 0.4) is 0 Å². The van der Waals surface area contributed by atoms with Gasteiger partial charge in [0, 0.05) is 32.0 Å². The third-order valence-corrected chi connectivity index (χ3v) is 2.87. The quantitative estimate of drug-likeness (QED) is 0.700. The maximum atomic E-state index is 4.13. The number of likely N-dealkylation sites (N-methyl/N-ethyl adjacent to an activating group) is 2. The second kappa shape index (κ2) is 7.36. The molecule has 3 heteroatoms. The van der Waals surface area contributed by atoms with Crippen molar-refractivity contribution in [1.82, 2.24) is 14.8 Å². The largest absolute Gasteiger partial charge is 0.303 e. The molecule has 0 aliphatic heterocycles. The van der Waals surface area contributed by atoms with Crippen molar-refractivity contribution in [2.24, 2.45) is 0 Å². The highest BCUT2D eigenvalue weighted by molar-refractivity contribution is 5.07. The van der Waals surface area contributed by atoms with Crippen LogP contribution in [0.25, 0.3) is 0 Å². The maximum Gasteiger partial charge on any atom is 0.0312 e. The minimum absolute atomic E-state index is 0.981. The summed E-state index contributed by atoms with van der Waals surface area (Å²) in [5.41, 5.74) is 1.28. The molecular weight excluding hydrogens is 198 g/mol. The Morgan fingerprint density at radius 3 is 2.50 bits per heavy atom.